The summed E-state index contributed by atoms with van der Waals surface area (Å²) in [7, 11) is 0. The molecule has 0 bridgehead atoms. The zero-order valence-corrected chi connectivity index (χ0v) is 22.0. The maximum absolute atomic E-state index is 14.1. The monoisotopic (exact) mass is 524 g/mol. The summed E-state index contributed by atoms with van der Waals surface area (Å²) in [6.07, 6.45) is 13.7. The van der Waals surface area contributed by atoms with Crippen molar-refractivity contribution < 1.29 is 26.7 Å². The first kappa shape index (κ1) is 28.2. The first-order valence-corrected chi connectivity index (χ1v) is 14.4. The van der Waals surface area contributed by atoms with Crippen molar-refractivity contribution in [3.8, 4) is 17.6 Å². The Morgan fingerprint density at radius 2 is 1.16 bits per heavy atom. The molecule has 0 amide bonds. The second-order valence-electron chi connectivity index (χ2n) is 11.8. The van der Waals surface area contributed by atoms with Gasteiger partial charge >= 0.3 is 6.18 Å². The Labute approximate surface area is 218 Å². The highest BCUT2D eigenvalue weighted by Gasteiger charge is 2.34. The molecule has 0 atom stereocenters. The van der Waals surface area contributed by atoms with Crippen molar-refractivity contribution in [2.75, 3.05) is 6.61 Å². The molecule has 1 aromatic carbocycles. The molecule has 1 aromatic rings. The molecule has 37 heavy (non-hydrogen) atoms. The van der Waals surface area contributed by atoms with Gasteiger partial charge in [-0.15, -0.1) is 0 Å². The second kappa shape index (κ2) is 12.9. The Morgan fingerprint density at radius 1 is 0.730 bits per heavy atom. The lowest BCUT2D eigenvalue weighted by atomic mass is 9.65. The van der Waals surface area contributed by atoms with E-state index in [1.807, 2.05) is 0 Å². The van der Waals surface area contributed by atoms with Gasteiger partial charge in [-0.25, -0.2) is 8.78 Å². The van der Waals surface area contributed by atoms with E-state index >= 15 is 0 Å². The van der Waals surface area contributed by atoms with Crippen molar-refractivity contribution in [1.82, 2.24) is 0 Å². The molecule has 6 heteroatoms. The van der Waals surface area contributed by atoms with Crippen LogP contribution in [0.25, 0.3) is 0 Å². The number of hydrogen-bond donors (Lipinski definition) is 0. The number of ether oxygens (including phenoxy) is 1. The highest BCUT2D eigenvalue weighted by molar-refractivity contribution is 5.41. The van der Waals surface area contributed by atoms with Crippen LogP contribution in [-0.4, -0.2) is 12.8 Å². The van der Waals surface area contributed by atoms with Gasteiger partial charge in [0.25, 0.3) is 0 Å². The molecule has 0 aliphatic heterocycles. The van der Waals surface area contributed by atoms with E-state index in [2.05, 4.69) is 6.92 Å². The lowest BCUT2D eigenvalue weighted by molar-refractivity contribution is -0.0696. The SMILES string of the molecule is CCCC1CCC(C2CCC(C3CCC(COc4cc(F)c(C#CC(F)(F)F)c(F)c4)CC3)CC2)CC1. The molecule has 0 unspecified atom stereocenters. The number of hydrogen-bond acceptors (Lipinski definition) is 1. The number of benzene rings is 1. The van der Waals surface area contributed by atoms with Crippen LogP contribution in [0.3, 0.4) is 0 Å². The van der Waals surface area contributed by atoms with E-state index in [4.69, 9.17) is 4.74 Å². The van der Waals surface area contributed by atoms with Gasteiger partial charge < -0.3 is 4.74 Å². The van der Waals surface area contributed by atoms with E-state index in [0.717, 1.165) is 60.5 Å². The fourth-order valence-electron chi connectivity index (χ4n) is 7.37. The molecular weight excluding hydrogens is 483 g/mol. The molecule has 0 spiro atoms. The number of alkyl halides is 3. The third kappa shape index (κ3) is 8.11. The molecule has 3 saturated carbocycles. The highest BCUT2D eigenvalue weighted by Crippen LogP contribution is 2.46. The van der Waals surface area contributed by atoms with Crippen LogP contribution < -0.4 is 4.74 Å². The Balaban J connectivity index is 1.17. The largest absolute Gasteiger partial charge is 0.493 e. The van der Waals surface area contributed by atoms with Gasteiger partial charge in [0.2, 0.25) is 0 Å². The van der Waals surface area contributed by atoms with Crippen molar-refractivity contribution >= 4 is 0 Å². The molecule has 0 heterocycles. The lowest BCUT2D eigenvalue weighted by Crippen LogP contribution is -2.30. The maximum atomic E-state index is 14.1. The summed E-state index contributed by atoms with van der Waals surface area (Å²) >= 11 is 0. The predicted molar refractivity (Wildman–Crippen MR) is 136 cm³/mol. The van der Waals surface area contributed by atoms with Gasteiger partial charge in [-0.3, -0.25) is 0 Å². The Bertz CT molecular complexity index is 898. The number of halogens is 5. The molecule has 3 fully saturated rings. The van der Waals surface area contributed by atoms with Gasteiger partial charge in [0.15, 0.2) is 0 Å². The maximum Gasteiger partial charge on any atom is 0.458 e. The second-order valence-corrected chi connectivity index (χ2v) is 11.8. The quantitative estimate of drug-likeness (QED) is 0.255. The Morgan fingerprint density at radius 3 is 1.59 bits per heavy atom. The van der Waals surface area contributed by atoms with Crippen LogP contribution in [0.4, 0.5) is 22.0 Å². The van der Waals surface area contributed by atoms with Gasteiger partial charge in [-0.1, -0.05) is 38.5 Å². The lowest BCUT2D eigenvalue weighted by Gasteiger charge is -2.41. The zero-order valence-electron chi connectivity index (χ0n) is 22.0. The summed E-state index contributed by atoms with van der Waals surface area (Å²) in [6, 6.07) is 1.84. The Kier molecular flexibility index (Phi) is 9.81. The third-order valence-corrected chi connectivity index (χ3v) is 9.46. The number of rotatable bonds is 7. The average molecular weight is 525 g/mol. The molecule has 1 nitrogen and oxygen atoms in total. The summed E-state index contributed by atoms with van der Waals surface area (Å²) in [4.78, 5) is 0. The average Bonchev–Trinajstić information content (AvgIpc) is 2.87. The van der Waals surface area contributed by atoms with Gasteiger partial charge in [0.05, 0.1) is 12.2 Å². The predicted octanol–water partition coefficient (Wildman–Crippen LogP) is 9.48. The molecule has 206 valence electrons. The van der Waals surface area contributed by atoms with E-state index in [1.165, 1.54) is 83.0 Å². The van der Waals surface area contributed by atoms with Crippen molar-refractivity contribution in [1.29, 1.82) is 0 Å². The molecule has 3 aliphatic rings. The van der Waals surface area contributed by atoms with Gasteiger partial charge in [0, 0.05) is 18.1 Å². The van der Waals surface area contributed by atoms with Gasteiger partial charge in [0.1, 0.15) is 17.4 Å². The molecular formula is C31H41F5O. The van der Waals surface area contributed by atoms with E-state index in [1.54, 1.807) is 0 Å². The van der Waals surface area contributed by atoms with Gasteiger partial charge in [-0.05, 0) is 99.7 Å². The molecule has 3 aliphatic carbocycles. The summed E-state index contributed by atoms with van der Waals surface area (Å²) in [5, 5.41) is 0. The first-order chi connectivity index (χ1) is 17.7. The standard InChI is InChI=1S/C31H41F5O/c1-2-3-21-4-8-23(9-5-21)25-12-14-26(15-13-25)24-10-6-22(7-11-24)20-37-27-18-29(32)28(30(33)19-27)16-17-31(34,35)36/h18-19,21-26H,2-15,20H2,1H3. The van der Waals surface area contributed by atoms with Crippen molar-refractivity contribution in [2.45, 2.75) is 103 Å². The molecule has 4 rings (SSSR count). The molecule has 0 radical (unpaired) electrons. The highest BCUT2D eigenvalue weighted by atomic mass is 19.4. The molecule has 0 saturated heterocycles. The fourth-order valence-corrected chi connectivity index (χ4v) is 7.37. The van der Waals surface area contributed by atoms with Crippen LogP contribution in [0.15, 0.2) is 12.1 Å². The topological polar surface area (TPSA) is 9.23 Å². The normalized spacial score (nSPS) is 30.9. The van der Waals surface area contributed by atoms with Crippen LogP contribution in [0, 0.1) is 59.0 Å². The van der Waals surface area contributed by atoms with Crippen LogP contribution in [0.2, 0.25) is 0 Å². The zero-order chi connectivity index (χ0) is 26.4. The van der Waals surface area contributed by atoms with Crippen LogP contribution in [0.1, 0.15) is 102 Å². The summed E-state index contributed by atoms with van der Waals surface area (Å²) in [5.41, 5.74) is -0.885. The summed E-state index contributed by atoms with van der Waals surface area (Å²) in [5.74, 6) is 4.99. The first-order valence-electron chi connectivity index (χ1n) is 14.4. The fraction of sp³-hybridized carbons (Fsp3) is 0.742. The molecule has 0 N–H and O–H groups in total. The van der Waals surface area contributed by atoms with Crippen LogP contribution >= 0.6 is 0 Å². The van der Waals surface area contributed by atoms with E-state index in [9.17, 15) is 22.0 Å². The smallest absolute Gasteiger partial charge is 0.458 e. The van der Waals surface area contributed by atoms with E-state index in [0.29, 0.717) is 12.5 Å². The van der Waals surface area contributed by atoms with E-state index < -0.39 is 23.4 Å². The Hall–Kier alpha value is -1.77. The summed E-state index contributed by atoms with van der Waals surface area (Å²) in [6.45, 7) is 2.67. The van der Waals surface area contributed by atoms with Crippen molar-refractivity contribution in [3.63, 3.8) is 0 Å². The van der Waals surface area contributed by atoms with Crippen LogP contribution in [-0.2, 0) is 0 Å². The van der Waals surface area contributed by atoms with Crippen molar-refractivity contribution in [3.05, 3.63) is 29.3 Å². The van der Waals surface area contributed by atoms with Crippen LogP contribution in [0.5, 0.6) is 5.75 Å². The van der Waals surface area contributed by atoms with Gasteiger partial charge in [-0.2, -0.15) is 13.2 Å². The minimum atomic E-state index is -4.81. The minimum Gasteiger partial charge on any atom is -0.493 e. The van der Waals surface area contributed by atoms with Crippen molar-refractivity contribution in [2.24, 2.45) is 35.5 Å². The van der Waals surface area contributed by atoms with E-state index in [-0.39, 0.29) is 5.75 Å². The summed E-state index contributed by atoms with van der Waals surface area (Å²) < 4.78 is 70.6. The minimum absolute atomic E-state index is 0.00303. The molecule has 0 aromatic heterocycles. The third-order valence-electron chi connectivity index (χ3n) is 9.46.